The van der Waals surface area contributed by atoms with Gasteiger partial charge in [-0.2, -0.15) is 8.42 Å². The molecule has 0 amide bonds. The summed E-state index contributed by atoms with van der Waals surface area (Å²) in [6.45, 7) is 9.07. The summed E-state index contributed by atoms with van der Waals surface area (Å²) < 4.78 is 72.6. The van der Waals surface area contributed by atoms with E-state index in [4.69, 9.17) is 42.1 Å². The van der Waals surface area contributed by atoms with E-state index in [-0.39, 0.29) is 18.1 Å². The largest absolute Gasteiger partial charge is 0.377 e. The number of hydrogen-bond acceptors (Lipinski definition) is 12. The second-order valence-corrected chi connectivity index (χ2v) is 10.3. The predicted molar refractivity (Wildman–Crippen MR) is 147 cm³/mol. The molecule has 1 aromatic carbocycles. The molecule has 13 heteroatoms. The summed E-state index contributed by atoms with van der Waals surface area (Å²) in [5.74, 6) is 0. The molecular formula is C27H47NO11S. The van der Waals surface area contributed by atoms with Gasteiger partial charge in [0.05, 0.1) is 117 Å². The Morgan fingerprint density at radius 2 is 0.925 bits per heavy atom. The first-order valence-electron chi connectivity index (χ1n) is 14.0. The minimum atomic E-state index is -3.75. The van der Waals surface area contributed by atoms with Gasteiger partial charge in [0.25, 0.3) is 10.1 Å². The van der Waals surface area contributed by atoms with Gasteiger partial charge in [-0.25, -0.2) is 0 Å². The van der Waals surface area contributed by atoms with Crippen molar-refractivity contribution in [2.24, 2.45) is 0 Å². The Morgan fingerprint density at radius 3 is 1.35 bits per heavy atom. The standard InChI is InChI=1S/C27H47NO11S/c29-40(30,27-4-2-1-3-5-27)39-25-23-37-21-19-35-17-15-33-13-11-31-10-12-32-14-16-34-18-20-36-22-24-38-26-6-8-28-9-7-26/h1-5,26,28H,6-25H2. The highest BCUT2D eigenvalue weighted by molar-refractivity contribution is 7.86. The third kappa shape index (κ3) is 19.0. The Kier molecular flexibility index (Phi) is 21.3. The quantitative estimate of drug-likeness (QED) is 0.117. The van der Waals surface area contributed by atoms with E-state index in [1.165, 1.54) is 12.1 Å². The Morgan fingerprint density at radius 1 is 0.550 bits per heavy atom. The van der Waals surface area contributed by atoms with Gasteiger partial charge in [-0.1, -0.05) is 18.2 Å². The fourth-order valence-corrected chi connectivity index (χ4v) is 4.43. The number of rotatable bonds is 27. The van der Waals surface area contributed by atoms with Crippen LogP contribution in [-0.4, -0.2) is 133 Å². The summed E-state index contributed by atoms with van der Waals surface area (Å²) in [6, 6.07) is 7.99. The van der Waals surface area contributed by atoms with Crippen LogP contribution in [0.2, 0.25) is 0 Å². The lowest BCUT2D eigenvalue weighted by atomic mass is 10.1. The zero-order valence-electron chi connectivity index (χ0n) is 23.5. The van der Waals surface area contributed by atoms with Crippen LogP contribution in [0.15, 0.2) is 35.2 Å². The van der Waals surface area contributed by atoms with E-state index in [0.717, 1.165) is 25.9 Å². The molecule has 232 valence electrons. The van der Waals surface area contributed by atoms with Crippen LogP contribution in [0, 0.1) is 0 Å². The highest BCUT2D eigenvalue weighted by atomic mass is 32.2. The van der Waals surface area contributed by atoms with E-state index in [0.29, 0.717) is 98.6 Å². The molecular weight excluding hydrogens is 546 g/mol. The SMILES string of the molecule is O=S(=O)(OCCOCCOCCOCCOCCOCCOCCOCCOC1CCNCC1)c1ccccc1. The highest BCUT2D eigenvalue weighted by Crippen LogP contribution is 2.10. The lowest BCUT2D eigenvalue weighted by Crippen LogP contribution is -2.33. The van der Waals surface area contributed by atoms with Crippen molar-refractivity contribution in [2.45, 2.75) is 23.8 Å². The average Bonchev–Trinajstić information content (AvgIpc) is 2.98. The molecule has 0 aromatic heterocycles. The maximum atomic E-state index is 11.9. The molecule has 1 aliphatic rings. The van der Waals surface area contributed by atoms with Crippen molar-refractivity contribution in [3.05, 3.63) is 30.3 Å². The van der Waals surface area contributed by atoms with E-state index in [9.17, 15) is 8.42 Å². The molecule has 1 heterocycles. The van der Waals surface area contributed by atoms with Crippen LogP contribution in [-0.2, 0) is 52.2 Å². The molecule has 1 N–H and O–H groups in total. The van der Waals surface area contributed by atoms with Crippen molar-refractivity contribution in [1.29, 1.82) is 0 Å². The van der Waals surface area contributed by atoms with Gasteiger partial charge in [-0.05, 0) is 38.1 Å². The van der Waals surface area contributed by atoms with Crippen molar-refractivity contribution in [1.82, 2.24) is 5.32 Å². The summed E-state index contributed by atoms with van der Waals surface area (Å²) in [6.07, 6.45) is 2.51. The maximum Gasteiger partial charge on any atom is 0.297 e. The molecule has 0 bridgehead atoms. The van der Waals surface area contributed by atoms with E-state index in [1.807, 2.05) is 0 Å². The molecule has 0 saturated carbocycles. The number of hydrogen-bond donors (Lipinski definition) is 1. The molecule has 1 aliphatic heterocycles. The summed E-state index contributed by atoms with van der Waals surface area (Å²) in [5, 5.41) is 3.32. The van der Waals surface area contributed by atoms with Gasteiger partial charge < -0.3 is 43.2 Å². The molecule has 40 heavy (non-hydrogen) atoms. The fourth-order valence-electron chi connectivity index (χ4n) is 3.52. The van der Waals surface area contributed by atoms with Gasteiger partial charge in [0.1, 0.15) is 0 Å². The van der Waals surface area contributed by atoms with Crippen LogP contribution in [0.1, 0.15) is 12.8 Å². The molecule has 2 rings (SSSR count). The number of ether oxygens (including phenoxy) is 8. The number of nitrogens with one attached hydrogen (secondary N) is 1. The van der Waals surface area contributed by atoms with E-state index in [1.54, 1.807) is 18.2 Å². The monoisotopic (exact) mass is 593 g/mol. The topological polar surface area (TPSA) is 129 Å². The van der Waals surface area contributed by atoms with Crippen molar-refractivity contribution in [3.63, 3.8) is 0 Å². The van der Waals surface area contributed by atoms with Crippen LogP contribution < -0.4 is 5.32 Å². The molecule has 1 aromatic rings. The molecule has 1 fully saturated rings. The van der Waals surface area contributed by atoms with Gasteiger partial charge >= 0.3 is 0 Å². The Hall–Kier alpha value is -1.23. The Balaban J connectivity index is 1.20. The van der Waals surface area contributed by atoms with E-state index >= 15 is 0 Å². The first-order valence-corrected chi connectivity index (χ1v) is 15.4. The first-order chi connectivity index (χ1) is 19.7. The molecule has 0 spiro atoms. The summed E-state index contributed by atoms with van der Waals surface area (Å²) in [7, 11) is -3.75. The predicted octanol–water partition coefficient (Wildman–Crippen LogP) is 1.28. The summed E-state index contributed by atoms with van der Waals surface area (Å²) in [4.78, 5) is 0.125. The minimum absolute atomic E-state index is 0.0515. The maximum absolute atomic E-state index is 11.9. The van der Waals surface area contributed by atoms with Crippen molar-refractivity contribution >= 4 is 10.1 Å². The Bertz CT molecular complexity index is 795. The molecule has 0 radical (unpaired) electrons. The van der Waals surface area contributed by atoms with E-state index < -0.39 is 10.1 Å². The third-order valence-corrected chi connectivity index (χ3v) is 6.92. The third-order valence-electron chi connectivity index (χ3n) is 5.60. The Labute approximate surface area is 238 Å². The second-order valence-electron chi connectivity index (χ2n) is 8.70. The smallest absolute Gasteiger partial charge is 0.297 e. The molecule has 0 atom stereocenters. The highest BCUT2D eigenvalue weighted by Gasteiger charge is 2.14. The lowest BCUT2D eigenvalue weighted by molar-refractivity contribution is -0.0314. The van der Waals surface area contributed by atoms with Crippen LogP contribution in [0.5, 0.6) is 0 Å². The molecule has 12 nitrogen and oxygen atoms in total. The minimum Gasteiger partial charge on any atom is -0.377 e. The first kappa shape index (κ1) is 35.0. The van der Waals surface area contributed by atoms with Gasteiger partial charge in [0.2, 0.25) is 0 Å². The van der Waals surface area contributed by atoms with Crippen LogP contribution >= 0.6 is 0 Å². The average molecular weight is 594 g/mol. The summed E-state index contributed by atoms with van der Waals surface area (Å²) in [5.41, 5.74) is 0. The zero-order chi connectivity index (χ0) is 28.4. The molecule has 1 saturated heterocycles. The molecule has 0 aliphatic carbocycles. The van der Waals surface area contributed by atoms with Gasteiger partial charge in [0, 0.05) is 0 Å². The number of piperidine rings is 1. The second kappa shape index (κ2) is 24.4. The van der Waals surface area contributed by atoms with Gasteiger partial charge in [-0.15, -0.1) is 0 Å². The molecule has 0 unspecified atom stereocenters. The zero-order valence-corrected chi connectivity index (χ0v) is 24.3. The van der Waals surface area contributed by atoms with Crippen molar-refractivity contribution in [2.75, 3.05) is 119 Å². The normalized spacial score (nSPS) is 14.6. The van der Waals surface area contributed by atoms with E-state index in [2.05, 4.69) is 5.32 Å². The fraction of sp³-hybridized carbons (Fsp3) is 0.778. The van der Waals surface area contributed by atoms with Gasteiger partial charge in [-0.3, -0.25) is 4.18 Å². The number of benzene rings is 1. The lowest BCUT2D eigenvalue weighted by Gasteiger charge is -2.22. The van der Waals surface area contributed by atoms with Crippen LogP contribution in [0.4, 0.5) is 0 Å². The van der Waals surface area contributed by atoms with Crippen LogP contribution in [0.3, 0.4) is 0 Å². The van der Waals surface area contributed by atoms with Gasteiger partial charge in [0.15, 0.2) is 0 Å². The van der Waals surface area contributed by atoms with Crippen molar-refractivity contribution < 1.29 is 50.5 Å². The van der Waals surface area contributed by atoms with Crippen molar-refractivity contribution in [3.8, 4) is 0 Å². The van der Waals surface area contributed by atoms with Crippen LogP contribution in [0.25, 0.3) is 0 Å². The summed E-state index contributed by atoms with van der Waals surface area (Å²) >= 11 is 0.